The molecule has 2 N–H and O–H groups in total. The van der Waals surface area contributed by atoms with Gasteiger partial charge in [-0.1, -0.05) is 0 Å². The summed E-state index contributed by atoms with van der Waals surface area (Å²) in [4.78, 5) is 4.71. The first kappa shape index (κ1) is 23.6. The summed E-state index contributed by atoms with van der Waals surface area (Å²) in [7, 11) is 3.91. The van der Waals surface area contributed by atoms with Gasteiger partial charge in [0.15, 0.2) is 0 Å². The molecule has 0 aromatic rings. The van der Waals surface area contributed by atoms with E-state index in [2.05, 4.69) is 31.0 Å². The van der Waals surface area contributed by atoms with Crippen molar-refractivity contribution in [2.45, 2.75) is 56.2 Å². The van der Waals surface area contributed by atoms with Crippen LogP contribution in [0.5, 0.6) is 0 Å². The Labute approximate surface area is 166 Å². The van der Waals surface area contributed by atoms with Crippen LogP contribution in [0.1, 0.15) is 40.0 Å². The minimum atomic E-state index is -0.487. The van der Waals surface area contributed by atoms with Gasteiger partial charge in [0, 0.05) is 0 Å². The number of likely N-dealkylation sites (N-methyl/N-ethyl adjacent to an activating group) is 2. The average Bonchev–Trinajstić information content (AvgIpc) is 2.96. The van der Waals surface area contributed by atoms with Gasteiger partial charge in [0.05, 0.1) is 0 Å². The monoisotopic (exact) mass is 470 g/mol. The SMILES string of the molecule is CNCCOCC(O)N(C)C[C@H](C)[I-]CC[C@@H](C)CN1CCC[C@H]1C. The van der Waals surface area contributed by atoms with Crippen molar-refractivity contribution in [1.29, 1.82) is 0 Å². The molecule has 1 aliphatic heterocycles. The van der Waals surface area contributed by atoms with Crippen LogP contribution in [-0.2, 0) is 4.74 Å². The molecule has 0 saturated carbocycles. The number of likely N-dealkylation sites (tertiary alicyclic amines) is 1. The van der Waals surface area contributed by atoms with Crippen LogP contribution < -0.4 is 26.5 Å². The predicted octanol–water partition coefficient (Wildman–Crippen LogP) is -1.54. The van der Waals surface area contributed by atoms with E-state index >= 15 is 0 Å². The van der Waals surface area contributed by atoms with Crippen molar-refractivity contribution in [2.75, 3.05) is 57.9 Å². The Morgan fingerprint density at radius 3 is 2.80 bits per heavy atom. The minimum absolute atomic E-state index is 0.197. The Bertz CT molecular complexity index is 336. The number of halogens is 1. The molecule has 0 radical (unpaired) electrons. The number of rotatable bonds is 14. The third-order valence-corrected chi connectivity index (χ3v) is 8.17. The number of alkyl halides is 2. The quantitative estimate of drug-likeness (QED) is 0.140. The molecular weight excluding hydrogens is 429 g/mol. The molecule has 1 unspecified atom stereocenters. The van der Waals surface area contributed by atoms with Gasteiger partial charge in [-0.05, 0) is 0 Å². The van der Waals surface area contributed by atoms with Gasteiger partial charge >= 0.3 is 166 Å². The second kappa shape index (κ2) is 13.7. The second-order valence-corrected chi connectivity index (χ2v) is 11.7. The fourth-order valence-corrected chi connectivity index (χ4v) is 6.63. The van der Waals surface area contributed by atoms with Crippen molar-refractivity contribution < 1.29 is 31.0 Å². The van der Waals surface area contributed by atoms with Crippen LogP contribution in [0.25, 0.3) is 0 Å². The molecule has 1 aliphatic rings. The predicted molar refractivity (Wildman–Crippen MR) is 102 cm³/mol. The maximum absolute atomic E-state index is 10.2. The Morgan fingerprint density at radius 2 is 2.16 bits per heavy atom. The third kappa shape index (κ3) is 10.4. The molecule has 6 heteroatoms. The van der Waals surface area contributed by atoms with Gasteiger partial charge in [-0.25, -0.2) is 0 Å². The van der Waals surface area contributed by atoms with Crippen molar-refractivity contribution in [3.8, 4) is 0 Å². The molecule has 0 aromatic heterocycles. The summed E-state index contributed by atoms with van der Waals surface area (Å²) in [5.41, 5.74) is 0. The molecule has 1 saturated heterocycles. The molecule has 1 rings (SSSR count). The number of aliphatic hydroxyl groups excluding tert-OH is 1. The Hall–Kier alpha value is 0.530. The Morgan fingerprint density at radius 1 is 1.40 bits per heavy atom. The van der Waals surface area contributed by atoms with E-state index in [4.69, 9.17) is 4.74 Å². The van der Waals surface area contributed by atoms with Crippen LogP contribution in [-0.4, -0.2) is 89.0 Å². The molecule has 1 heterocycles. The van der Waals surface area contributed by atoms with Gasteiger partial charge in [-0.3, -0.25) is 0 Å². The normalized spacial score (nSPS) is 22.6. The van der Waals surface area contributed by atoms with Crippen LogP contribution in [0.2, 0.25) is 0 Å². The van der Waals surface area contributed by atoms with Gasteiger partial charge in [-0.15, -0.1) is 0 Å². The van der Waals surface area contributed by atoms with Crippen molar-refractivity contribution in [1.82, 2.24) is 15.1 Å². The topological polar surface area (TPSA) is 48.0 Å². The first-order valence-corrected chi connectivity index (χ1v) is 12.6. The van der Waals surface area contributed by atoms with Crippen molar-refractivity contribution >= 4 is 0 Å². The number of nitrogens with one attached hydrogen (secondary N) is 1. The van der Waals surface area contributed by atoms with E-state index in [1.807, 2.05) is 19.0 Å². The molecule has 0 aliphatic carbocycles. The van der Waals surface area contributed by atoms with E-state index in [9.17, 15) is 5.11 Å². The number of hydrogen-bond donors (Lipinski definition) is 2. The number of nitrogens with zero attached hydrogens (tertiary/aromatic N) is 2. The number of aliphatic hydroxyl groups is 1. The zero-order valence-corrected chi connectivity index (χ0v) is 19.2. The molecule has 4 atom stereocenters. The third-order valence-electron chi connectivity index (χ3n) is 5.02. The van der Waals surface area contributed by atoms with Gasteiger partial charge in [0.25, 0.3) is 0 Å². The molecule has 1 fully saturated rings. The molecule has 0 spiro atoms. The number of ether oxygens (including phenoxy) is 1. The summed E-state index contributed by atoms with van der Waals surface area (Å²) in [6.45, 7) is 12.6. The fourth-order valence-electron chi connectivity index (χ4n) is 3.25. The zero-order valence-electron chi connectivity index (χ0n) is 17.0. The van der Waals surface area contributed by atoms with Crippen LogP contribution in [0.4, 0.5) is 0 Å². The summed E-state index contributed by atoms with van der Waals surface area (Å²) in [6, 6.07) is 0.793. The van der Waals surface area contributed by atoms with Crippen molar-refractivity contribution in [2.24, 2.45) is 5.92 Å². The molecule has 0 aromatic carbocycles. The summed E-state index contributed by atoms with van der Waals surface area (Å²) in [5, 5.41) is 13.2. The van der Waals surface area contributed by atoms with E-state index in [1.54, 1.807) is 0 Å². The van der Waals surface area contributed by atoms with E-state index < -0.39 is 6.23 Å². The molecule has 0 bridgehead atoms. The van der Waals surface area contributed by atoms with Gasteiger partial charge < -0.3 is 0 Å². The van der Waals surface area contributed by atoms with Crippen LogP contribution in [0.15, 0.2) is 0 Å². The van der Waals surface area contributed by atoms with E-state index in [0.29, 0.717) is 17.1 Å². The first-order valence-electron chi connectivity index (χ1n) is 9.86. The Balaban J connectivity index is 2.09. The van der Waals surface area contributed by atoms with Crippen LogP contribution in [0.3, 0.4) is 0 Å². The fraction of sp³-hybridized carbons (Fsp3) is 1.00. The zero-order chi connectivity index (χ0) is 18.7. The average molecular weight is 470 g/mol. The Kier molecular flexibility index (Phi) is 12.9. The van der Waals surface area contributed by atoms with Gasteiger partial charge in [0.1, 0.15) is 0 Å². The van der Waals surface area contributed by atoms with Crippen molar-refractivity contribution in [3.05, 3.63) is 0 Å². The van der Waals surface area contributed by atoms with E-state index in [1.165, 1.54) is 36.8 Å². The number of hydrogen-bond acceptors (Lipinski definition) is 5. The molecule has 0 amide bonds. The molecular formula is C19H41IN3O2-. The van der Waals surface area contributed by atoms with Crippen LogP contribution >= 0.6 is 0 Å². The standard InChI is InChI=1S/C19H41IN3O2/c1-16(13-23-11-6-7-18(23)3)8-9-20-17(2)14-22(5)19(24)15-25-12-10-21-4/h16-19,21,24H,6-15H2,1-5H3/q-1/t16-,17+,18-,19?/m1/s1. The van der Waals surface area contributed by atoms with Gasteiger partial charge in [0.2, 0.25) is 0 Å². The summed E-state index contributed by atoms with van der Waals surface area (Å²) in [5.74, 6) is 0.816. The van der Waals surface area contributed by atoms with Crippen LogP contribution in [0, 0.1) is 5.92 Å². The summed E-state index contributed by atoms with van der Waals surface area (Å²) >= 11 is 0.197. The van der Waals surface area contributed by atoms with Crippen molar-refractivity contribution in [3.63, 3.8) is 0 Å². The van der Waals surface area contributed by atoms with E-state index in [-0.39, 0.29) is 21.2 Å². The first-order chi connectivity index (χ1) is 11.9. The molecule has 152 valence electrons. The van der Waals surface area contributed by atoms with Gasteiger partial charge in [-0.2, -0.15) is 0 Å². The maximum atomic E-state index is 10.2. The summed E-state index contributed by atoms with van der Waals surface area (Å²) in [6.07, 6.45) is 3.63. The summed E-state index contributed by atoms with van der Waals surface area (Å²) < 4.78 is 7.58. The second-order valence-electron chi connectivity index (χ2n) is 7.60. The van der Waals surface area contributed by atoms with E-state index in [0.717, 1.165) is 25.0 Å². The molecule has 5 nitrogen and oxygen atoms in total. The molecule has 25 heavy (non-hydrogen) atoms.